The molecule has 1 aromatic carbocycles. The molecule has 0 unspecified atom stereocenters. The largest absolute Gasteiger partial charge is 0.361 e. The summed E-state index contributed by atoms with van der Waals surface area (Å²) in [5, 5.41) is 4.75. The number of benzene rings is 1. The summed E-state index contributed by atoms with van der Waals surface area (Å²) in [4.78, 5) is 3.24. The molecule has 3 rings (SSSR count). The Kier molecular flexibility index (Phi) is 3.52. The molecule has 86 valence electrons. The fraction of sp³-hybridized carbons (Fsp3) is 0.385. The van der Waals surface area contributed by atoms with Crippen LogP contribution in [0.4, 0.5) is 0 Å². The van der Waals surface area contributed by atoms with Crippen LogP contribution in [0, 0.1) is 0 Å². The molecule has 0 aliphatic carbocycles. The van der Waals surface area contributed by atoms with Crippen LogP contribution in [0.3, 0.4) is 0 Å². The molecule has 1 aromatic heterocycles. The Morgan fingerprint density at radius 3 is 2.69 bits per heavy atom. The van der Waals surface area contributed by atoms with Crippen LogP contribution in [-0.4, -0.2) is 18.1 Å². The minimum absolute atomic E-state index is 0. The Balaban J connectivity index is 0.000000963. The van der Waals surface area contributed by atoms with Crippen molar-refractivity contribution in [2.75, 3.05) is 13.1 Å². The number of halogens is 1. The number of aromatic nitrogens is 1. The van der Waals surface area contributed by atoms with Crippen LogP contribution in [0.25, 0.3) is 10.9 Å². The smallest absolute Gasteiger partial charge is 0.0454 e. The predicted octanol–water partition coefficient (Wildman–Crippen LogP) is 3.06. The Morgan fingerprint density at radius 1 is 1.06 bits per heavy atom. The molecule has 2 aromatic rings. The van der Waals surface area contributed by atoms with E-state index in [0.29, 0.717) is 0 Å². The number of H-pyrrole nitrogens is 1. The maximum Gasteiger partial charge on any atom is 0.0454 e. The lowest BCUT2D eigenvalue weighted by molar-refractivity contribution is 0.460. The summed E-state index contributed by atoms with van der Waals surface area (Å²) in [6.07, 6.45) is 4.56. The zero-order valence-corrected chi connectivity index (χ0v) is 10.0. The Labute approximate surface area is 102 Å². The maximum absolute atomic E-state index is 3.41. The van der Waals surface area contributed by atoms with Crippen molar-refractivity contribution in [3.8, 4) is 0 Å². The van der Waals surface area contributed by atoms with Gasteiger partial charge in [-0.05, 0) is 61.0 Å². The fourth-order valence-corrected chi connectivity index (χ4v) is 2.48. The molecule has 2 N–H and O–H groups in total. The molecular weight excluding hydrogens is 220 g/mol. The molecule has 3 heteroatoms. The van der Waals surface area contributed by atoms with E-state index in [0.717, 1.165) is 19.0 Å². The monoisotopic (exact) mass is 236 g/mol. The first-order chi connectivity index (χ1) is 7.43. The molecule has 1 fully saturated rings. The zero-order valence-electron chi connectivity index (χ0n) is 9.20. The van der Waals surface area contributed by atoms with E-state index < -0.39 is 0 Å². The summed E-state index contributed by atoms with van der Waals surface area (Å²) in [6, 6.07) is 8.96. The number of fused-ring (bicyclic) bond motifs is 1. The number of hydrogen-bond acceptors (Lipinski definition) is 1. The summed E-state index contributed by atoms with van der Waals surface area (Å²) in [6.45, 7) is 2.33. The van der Waals surface area contributed by atoms with E-state index in [2.05, 4.69) is 34.6 Å². The van der Waals surface area contributed by atoms with Crippen molar-refractivity contribution < 1.29 is 0 Å². The van der Waals surface area contributed by atoms with Crippen molar-refractivity contribution >= 4 is 23.3 Å². The van der Waals surface area contributed by atoms with E-state index >= 15 is 0 Å². The van der Waals surface area contributed by atoms with Crippen molar-refractivity contribution in [3.63, 3.8) is 0 Å². The molecular formula is C13H17ClN2. The molecule has 1 saturated heterocycles. The molecule has 16 heavy (non-hydrogen) atoms. The third kappa shape index (κ3) is 2.08. The molecule has 0 bridgehead atoms. The third-order valence-corrected chi connectivity index (χ3v) is 3.39. The molecule has 1 aliphatic rings. The average molecular weight is 237 g/mol. The van der Waals surface area contributed by atoms with Crippen molar-refractivity contribution in [1.82, 2.24) is 10.3 Å². The SMILES string of the molecule is Cl.c1cc2cc(C3CCNCC3)ccc2[nH]1. The van der Waals surface area contributed by atoms with Gasteiger partial charge in [-0.25, -0.2) is 0 Å². The lowest BCUT2D eigenvalue weighted by Gasteiger charge is -2.22. The molecule has 0 radical (unpaired) electrons. The number of aromatic amines is 1. The molecule has 2 nitrogen and oxygen atoms in total. The van der Waals surface area contributed by atoms with Crippen LogP contribution in [0.15, 0.2) is 30.5 Å². The fourth-order valence-electron chi connectivity index (χ4n) is 2.48. The van der Waals surface area contributed by atoms with Gasteiger partial charge in [0.15, 0.2) is 0 Å². The highest BCUT2D eigenvalue weighted by Gasteiger charge is 2.15. The summed E-state index contributed by atoms with van der Waals surface area (Å²) in [5.74, 6) is 0.755. The molecule has 0 atom stereocenters. The quantitative estimate of drug-likeness (QED) is 0.783. The maximum atomic E-state index is 3.41. The minimum atomic E-state index is 0. The summed E-state index contributed by atoms with van der Waals surface area (Å²) in [5.41, 5.74) is 2.75. The Morgan fingerprint density at radius 2 is 1.88 bits per heavy atom. The highest BCUT2D eigenvalue weighted by molar-refractivity contribution is 5.85. The van der Waals surface area contributed by atoms with Crippen LogP contribution in [-0.2, 0) is 0 Å². The topological polar surface area (TPSA) is 27.8 Å². The van der Waals surface area contributed by atoms with E-state index in [9.17, 15) is 0 Å². The van der Waals surface area contributed by atoms with Gasteiger partial charge in [0.25, 0.3) is 0 Å². The van der Waals surface area contributed by atoms with Gasteiger partial charge < -0.3 is 10.3 Å². The summed E-state index contributed by atoms with van der Waals surface area (Å²) >= 11 is 0. The predicted molar refractivity (Wildman–Crippen MR) is 70.4 cm³/mol. The summed E-state index contributed by atoms with van der Waals surface area (Å²) < 4.78 is 0. The molecule has 0 spiro atoms. The normalized spacial score (nSPS) is 17.2. The standard InChI is InChI=1S/C13H16N2.ClH/c1-2-13-12(5-8-15-13)9-11(1)10-3-6-14-7-4-10;/h1-2,5,8-10,14-15H,3-4,6-7H2;1H. The van der Waals surface area contributed by atoms with Crippen molar-refractivity contribution in [3.05, 3.63) is 36.0 Å². The second-order valence-electron chi connectivity index (χ2n) is 4.35. The lowest BCUT2D eigenvalue weighted by atomic mass is 9.90. The van der Waals surface area contributed by atoms with E-state index in [4.69, 9.17) is 0 Å². The van der Waals surface area contributed by atoms with Gasteiger partial charge in [0.2, 0.25) is 0 Å². The second kappa shape index (κ2) is 4.89. The molecule has 0 saturated carbocycles. The lowest BCUT2D eigenvalue weighted by Crippen LogP contribution is -2.26. The second-order valence-corrected chi connectivity index (χ2v) is 4.35. The van der Waals surface area contributed by atoms with Crippen molar-refractivity contribution in [1.29, 1.82) is 0 Å². The van der Waals surface area contributed by atoms with Crippen LogP contribution < -0.4 is 5.32 Å². The van der Waals surface area contributed by atoms with Gasteiger partial charge >= 0.3 is 0 Å². The first-order valence-electron chi connectivity index (χ1n) is 5.71. The number of nitrogens with one attached hydrogen (secondary N) is 2. The van der Waals surface area contributed by atoms with Crippen LogP contribution >= 0.6 is 12.4 Å². The van der Waals surface area contributed by atoms with Crippen molar-refractivity contribution in [2.45, 2.75) is 18.8 Å². The highest BCUT2D eigenvalue weighted by atomic mass is 35.5. The van der Waals surface area contributed by atoms with E-state index in [1.165, 1.54) is 29.3 Å². The van der Waals surface area contributed by atoms with Gasteiger partial charge in [-0.3, -0.25) is 0 Å². The number of piperidine rings is 1. The van der Waals surface area contributed by atoms with E-state index in [1.54, 1.807) is 0 Å². The molecule has 0 amide bonds. The average Bonchev–Trinajstić information content (AvgIpc) is 2.77. The number of rotatable bonds is 1. The zero-order chi connectivity index (χ0) is 10.1. The van der Waals surface area contributed by atoms with Gasteiger partial charge in [-0.15, -0.1) is 12.4 Å². The van der Waals surface area contributed by atoms with Gasteiger partial charge in [0.1, 0.15) is 0 Å². The molecule has 2 heterocycles. The first kappa shape index (κ1) is 11.5. The van der Waals surface area contributed by atoms with Crippen LogP contribution in [0.1, 0.15) is 24.3 Å². The van der Waals surface area contributed by atoms with Crippen molar-refractivity contribution in [2.24, 2.45) is 0 Å². The molecule has 1 aliphatic heterocycles. The minimum Gasteiger partial charge on any atom is -0.361 e. The van der Waals surface area contributed by atoms with Gasteiger partial charge in [-0.2, -0.15) is 0 Å². The van der Waals surface area contributed by atoms with Gasteiger partial charge in [0, 0.05) is 11.7 Å². The highest BCUT2D eigenvalue weighted by Crippen LogP contribution is 2.27. The van der Waals surface area contributed by atoms with Gasteiger partial charge in [0.05, 0.1) is 0 Å². The third-order valence-electron chi connectivity index (χ3n) is 3.39. The van der Waals surface area contributed by atoms with E-state index in [-0.39, 0.29) is 12.4 Å². The van der Waals surface area contributed by atoms with Gasteiger partial charge in [-0.1, -0.05) is 6.07 Å². The van der Waals surface area contributed by atoms with Crippen LogP contribution in [0.5, 0.6) is 0 Å². The Bertz CT molecular complexity index is 458. The van der Waals surface area contributed by atoms with Crippen LogP contribution in [0.2, 0.25) is 0 Å². The van der Waals surface area contributed by atoms with E-state index in [1.807, 2.05) is 6.20 Å². The summed E-state index contributed by atoms with van der Waals surface area (Å²) in [7, 11) is 0. The first-order valence-corrected chi connectivity index (χ1v) is 5.71. The Hall–Kier alpha value is -0.990. The number of hydrogen-bond donors (Lipinski definition) is 2.